The molecule has 1 atom stereocenters. The average molecular weight is 423 g/mol. The van der Waals surface area contributed by atoms with E-state index in [1.165, 1.54) is 38.3 Å². The van der Waals surface area contributed by atoms with Crippen molar-refractivity contribution < 1.29 is 27.5 Å². The molecular formula is C20H26N2O6S. The number of aromatic nitrogens is 1. The fraction of sp³-hybridized carbons (Fsp3) is 0.400. The molecule has 2 rings (SSSR count). The normalized spacial score (nSPS) is 12.4. The second kappa shape index (κ2) is 9.23. The van der Waals surface area contributed by atoms with Crippen molar-refractivity contribution in [2.75, 3.05) is 13.7 Å². The molecule has 0 aliphatic rings. The van der Waals surface area contributed by atoms with Crippen molar-refractivity contribution in [3.8, 4) is 5.75 Å². The Bertz CT molecular complexity index is 993. The van der Waals surface area contributed by atoms with Gasteiger partial charge in [0.2, 0.25) is 15.8 Å². The molecule has 0 unspecified atom stereocenters. The molecular weight excluding hydrogens is 396 g/mol. The van der Waals surface area contributed by atoms with E-state index in [-0.39, 0.29) is 10.7 Å². The topological polar surface area (TPSA) is 104 Å². The van der Waals surface area contributed by atoms with Gasteiger partial charge in [0.25, 0.3) is 0 Å². The minimum atomic E-state index is -3.93. The van der Waals surface area contributed by atoms with Gasteiger partial charge in [-0.1, -0.05) is 0 Å². The van der Waals surface area contributed by atoms with Gasteiger partial charge in [0.05, 0.1) is 12.0 Å². The third-order valence-electron chi connectivity index (χ3n) is 4.59. The van der Waals surface area contributed by atoms with E-state index in [4.69, 9.17) is 9.47 Å². The molecule has 29 heavy (non-hydrogen) atoms. The Balaban J connectivity index is 1.98. The van der Waals surface area contributed by atoms with Crippen molar-refractivity contribution in [2.45, 2.75) is 45.2 Å². The molecule has 1 N–H and O–H groups in total. The molecule has 9 heteroatoms. The number of esters is 1. The van der Waals surface area contributed by atoms with E-state index in [0.717, 1.165) is 17.9 Å². The molecule has 2 aromatic rings. The summed E-state index contributed by atoms with van der Waals surface area (Å²) < 4.78 is 39.0. The molecule has 0 saturated heterocycles. The highest BCUT2D eigenvalue weighted by atomic mass is 32.2. The second-order valence-electron chi connectivity index (χ2n) is 6.58. The number of sulfonamides is 1. The fourth-order valence-electron chi connectivity index (χ4n) is 3.01. The highest BCUT2D eigenvalue weighted by molar-refractivity contribution is 7.89. The largest absolute Gasteiger partial charge is 0.497 e. The number of Topliss-reactive ketones (excluding diaryl/α,β-unsaturated/α-hetero) is 1. The number of methoxy groups -OCH3 is 1. The molecule has 158 valence electrons. The van der Waals surface area contributed by atoms with Crippen LogP contribution in [0, 0.1) is 13.8 Å². The molecule has 0 bridgehead atoms. The molecule has 0 radical (unpaired) electrons. The molecule has 0 aliphatic carbocycles. The predicted molar refractivity (Wildman–Crippen MR) is 108 cm³/mol. The summed E-state index contributed by atoms with van der Waals surface area (Å²) in [5, 5.41) is 0. The lowest BCUT2D eigenvalue weighted by molar-refractivity contribution is -0.144. The van der Waals surface area contributed by atoms with Crippen molar-refractivity contribution in [1.82, 2.24) is 9.29 Å². The van der Waals surface area contributed by atoms with Crippen LogP contribution >= 0.6 is 0 Å². The summed E-state index contributed by atoms with van der Waals surface area (Å²) in [6.07, 6.45) is 0. The van der Waals surface area contributed by atoms with Crippen LogP contribution in [-0.2, 0) is 26.1 Å². The smallest absolute Gasteiger partial charge is 0.324 e. The van der Waals surface area contributed by atoms with Crippen LogP contribution in [0.2, 0.25) is 0 Å². The number of hydrogen-bond acceptors (Lipinski definition) is 6. The summed E-state index contributed by atoms with van der Waals surface area (Å²) in [7, 11) is -2.45. The molecule has 0 spiro atoms. The van der Waals surface area contributed by atoms with Gasteiger partial charge >= 0.3 is 5.97 Å². The number of nitrogens with zero attached hydrogens (tertiary/aromatic N) is 1. The van der Waals surface area contributed by atoms with Gasteiger partial charge in [0.1, 0.15) is 11.8 Å². The van der Waals surface area contributed by atoms with Crippen LogP contribution < -0.4 is 9.46 Å². The van der Waals surface area contributed by atoms with E-state index in [9.17, 15) is 18.0 Å². The maximum Gasteiger partial charge on any atom is 0.324 e. The first-order valence-electron chi connectivity index (χ1n) is 9.13. The second-order valence-corrected chi connectivity index (χ2v) is 8.29. The number of rotatable bonds is 9. The standard InChI is InChI=1S/C20H26N2O6S/c1-6-22-13(2)11-18(15(22)4)19(23)12-28-20(24)14(3)21-29(25,26)17-9-7-16(27-5)8-10-17/h7-11,14,21H,6,12H2,1-5H3/t14-/m0/s1. The lowest BCUT2D eigenvalue weighted by Gasteiger charge is -2.14. The third-order valence-corrected chi connectivity index (χ3v) is 6.15. The van der Waals surface area contributed by atoms with Gasteiger partial charge in [0, 0.05) is 23.5 Å². The Hall–Kier alpha value is -2.65. The first kappa shape index (κ1) is 22.6. The number of carbonyl (C=O) groups excluding carboxylic acids is 2. The first-order chi connectivity index (χ1) is 13.6. The highest BCUT2D eigenvalue weighted by Crippen LogP contribution is 2.17. The minimum absolute atomic E-state index is 0.0129. The molecule has 0 fully saturated rings. The number of benzene rings is 1. The van der Waals surface area contributed by atoms with Crippen LogP contribution in [0.4, 0.5) is 0 Å². The van der Waals surface area contributed by atoms with E-state index >= 15 is 0 Å². The van der Waals surface area contributed by atoms with Gasteiger partial charge < -0.3 is 14.0 Å². The molecule has 0 amide bonds. The zero-order valence-electron chi connectivity index (χ0n) is 17.2. The summed E-state index contributed by atoms with van der Waals surface area (Å²) in [5.41, 5.74) is 2.24. The summed E-state index contributed by atoms with van der Waals surface area (Å²) in [6.45, 7) is 7.34. The zero-order valence-corrected chi connectivity index (χ0v) is 18.0. The number of carbonyl (C=O) groups is 2. The van der Waals surface area contributed by atoms with Crippen LogP contribution in [0.25, 0.3) is 0 Å². The van der Waals surface area contributed by atoms with E-state index in [0.29, 0.717) is 11.3 Å². The van der Waals surface area contributed by atoms with Gasteiger partial charge in [-0.3, -0.25) is 9.59 Å². The minimum Gasteiger partial charge on any atom is -0.497 e. The summed E-state index contributed by atoms with van der Waals surface area (Å²) in [4.78, 5) is 24.6. The van der Waals surface area contributed by atoms with Gasteiger partial charge in [-0.15, -0.1) is 0 Å². The molecule has 1 heterocycles. The van der Waals surface area contributed by atoms with Gasteiger partial charge in [-0.25, -0.2) is 8.42 Å². The van der Waals surface area contributed by atoms with Crippen LogP contribution in [0.5, 0.6) is 5.75 Å². The average Bonchev–Trinajstić information content (AvgIpc) is 2.98. The quantitative estimate of drug-likeness (QED) is 0.491. The highest BCUT2D eigenvalue weighted by Gasteiger charge is 2.24. The fourth-order valence-corrected chi connectivity index (χ4v) is 4.21. The van der Waals surface area contributed by atoms with Crippen LogP contribution in [0.1, 0.15) is 35.6 Å². The van der Waals surface area contributed by atoms with Crippen molar-refractivity contribution in [3.05, 3.63) is 47.3 Å². The van der Waals surface area contributed by atoms with Crippen molar-refractivity contribution in [2.24, 2.45) is 0 Å². The Labute approximate surface area is 170 Å². The van der Waals surface area contributed by atoms with Gasteiger partial charge in [-0.05, 0) is 58.0 Å². The van der Waals surface area contributed by atoms with Crippen LogP contribution in [-0.4, -0.2) is 44.5 Å². The van der Waals surface area contributed by atoms with E-state index in [1.807, 2.05) is 25.3 Å². The Morgan fingerprint density at radius 1 is 1.17 bits per heavy atom. The number of nitrogens with one attached hydrogen (secondary N) is 1. The Morgan fingerprint density at radius 3 is 2.31 bits per heavy atom. The maximum absolute atomic E-state index is 12.4. The summed E-state index contributed by atoms with van der Waals surface area (Å²) in [5.74, 6) is -0.659. The number of ketones is 1. The molecule has 0 saturated carbocycles. The Morgan fingerprint density at radius 2 is 1.79 bits per heavy atom. The van der Waals surface area contributed by atoms with Crippen molar-refractivity contribution in [1.29, 1.82) is 0 Å². The molecule has 8 nitrogen and oxygen atoms in total. The lowest BCUT2D eigenvalue weighted by atomic mass is 10.1. The monoisotopic (exact) mass is 422 g/mol. The van der Waals surface area contributed by atoms with E-state index in [2.05, 4.69) is 4.72 Å². The number of ether oxygens (including phenoxy) is 2. The van der Waals surface area contributed by atoms with Crippen molar-refractivity contribution >= 4 is 21.8 Å². The number of hydrogen-bond donors (Lipinski definition) is 1. The molecule has 1 aromatic carbocycles. The van der Waals surface area contributed by atoms with Crippen molar-refractivity contribution in [3.63, 3.8) is 0 Å². The molecule has 0 aliphatic heterocycles. The summed E-state index contributed by atoms with van der Waals surface area (Å²) in [6, 6.07) is 6.34. The van der Waals surface area contributed by atoms with E-state index < -0.39 is 28.6 Å². The SMILES string of the molecule is CCn1c(C)cc(C(=O)COC(=O)[C@H](C)NS(=O)(=O)c2ccc(OC)cc2)c1C. The maximum atomic E-state index is 12.4. The lowest BCUT2D eigenvalue weighted by Crippen LogP contribution is -2.40. The van der Waals surface area contributed by atoms with Crippen LogP contribution in [0.3, 0.4) is 0 Å². The summed E-state index contributed by atoms with van der Waals surface area (Å²) >= 11 is 0. The Kier molecular flexibility index (Phi) is 7.21. The van der Waals surface area contributed by atoms with E-state index in [1.54, 1.807) is 6.07 Å². The van der Waals surface area contributed by atoms with Crippen LogP contribution in [0.15, 0.2) is 35.2 Å². The predicted octanol–water partition coefficient (Wildman–Crippen LogP) is 2.23. The van der Waals surface area contributed by atoms with Gasteiger partial charge in [0.15, 0.2) is 6.61 Å². The number of aryl methyl sites for hydroxylation is 1. The van der Waals surface area contributed by atoms with Gasteiger partial charge in [-0.2, -0.15) is 4.72 Å². The molecule has 1 aromatic heterocycles. The third kappa shape index (κ3) is 5.24. The first-order valence-corrected chi connectivity index (χ1v) is 10.6. The zero-order chi connectivity index (χ0) is 21.8.